The number of halogens is 1. The van der Waals surface area contributed by atoms with Crippen LogP contribution >= 0.6 is 27.3 Å². The fourth-order valence-corrected chi connectivity index (χ4v) is 3.19. The van der Waals surface area contributed by atoms with E-state index >= 15 is 0 Å². The maximum atomic E-state index is 9.96. The van der Waals surface area contributed by atoms with Gasteiger partial charge in [-0.3, -0.25) is 0 Å². The molecule has 17 heavy (non-hydrogen) atoms. The summed E-state index contributed by atoms with van der Waals surface area (Å²) in [5.41, 5.74) is 0.996. The first-order valence-corrected chi connectivity index (χ1v) is 7.30. The van der Waals surface area contributed by atoms with Gasteiger partial charge in [-0.05, 0) is 39.5 Å². The molecule has 2 nitrogen and oxygen atoms in total. The molecule has 0 amide bonds. The molecule has 0 fully saturated rings. The Kier molecular flexibility index (Phi) is 4.07. The van der Waals surface area contributed by atoms with Crippen molar-refractivity contribution < 1.29 is 5.11 Å². The largest absolute Gasteiger partial charge is 0.388 e. The Bertz CT molecular complexity index is 489. The molecule has 92 valence electrons. The van der Waals surface area contributed by atoms with Gasteiger partial charge < -0.3 is 9.67 Å². The van der Waals surface area contributed by atoms with Crippen LogP contribution in [-0.4, -0.2) is 9.67 Å². The Morgan fingerprint density at radius 3 is 2.82 bits per heavy atom. The average Bonchev–Trinajstić information content (AvgIpc) is 2.87. The lowest BCUT2D eigenvalue weighted by Crippen LogP contribution is -2.04. The fraction of sp³-hybridized carbons (Fsp3) is 0.385. The van der Waals surface area contributed by atoms with Crippen LogP contribution in [0, 0.1) is 5.92 Å². The van der Waals surface area contributed by atoms with Crippen LogP contribution in [0.25, 0.3) is 0 Å². The second kappa shape index (κ2) is 5.38. The molecule has 0 bridgehead atoms. The molecule has 0 saturated carbocycles. The highest BCUT2D eigenvalue weighted by molar-refractivity contribution is 9.10. The van der Waals surface area contributed by atoms with E-state index in [1.54, 1.807) is 11.3 Å². The summed E-state index contributed by atoms with van der Waals surface area (Å²) < 4.78 is 3.24. The second-order valence-corrected chi connectivity index (χ2v) is 6.45. The first-order valence-electron chi connectivity index (χ1n) is 5.63. The van der Waals surface area contributed by atoms with Crippen molar-refractivity contribution in [1.82, 2.24) is 4.57 Å². The van der Waals surface area contributed by atoms with Crippen LogP contribution in [0.4, 0.5) is 0 Å². The van der Waals surface area contributed by atoms with Gasteiger partial charge in [0, 0.05) is 27.1 Å². The van der Waals surface area contributed by atoms with Crippen LogP contribution in [-0.2, 0) is 6.54 Å². The van der Waals surface area contributed by atoms with Crippen molar-refractivity contribution >= 4 is 27.3 Å². The molecule has 0 saturated heterocycles. The Morgan fingerprint density at radius 2 is 2.24 bits per heavy atom. The first-order chi connectivity index (χ1) is 8.06. The summed E-state index contributed by atoms with van der Waals surface area (Å²) in [6.07, 6.45) is 3.68. The summed E-state index contributed by atoms with van der Waals surface area (Å²) in [5.74, 6) is 0.252. The second-order valence-electron chi connectivity index (χ2n) is 4.54. The summed E-state index contributed by atoms with van der Waals surface area (Å²) in [5, 5.41) is 12.0. The van der Waals surface area contributed by atoms with Crippen LogP contribution < -0.4 is 0 Å². The van der Waals surface area contributed by atoms with Crippen LogP contribution in [0.3, 0.4) is 0 Å². The highest BCUT2D eigenvalue weighted by atomic mass is 79.9. The van der Waals surface area contributed by atoms with Gasteiger partial charge in [0.25, 0.3) is 0 Å². The molecule has 1 atom stereocenters. The van der Waals surface area contributed by atoms with Crippen LogP contribution in [0.5, 0.6) is 0 Å². The topological polar surface area (TPSA) is 25.2 Å². The Labute approximate surface area is 114 Å². The van der Waals surface area contributed by atoms with Gasteiger partial charge in [0.2, 0.25) is 0 Å². The van der Waals surface area contributed by atoms with Crippen molar-refractivity contribution in [3.63, 3.8) is 0 Å². The number of rotatable bonds is 4. The van der Waals surface area contributed by atoms with E-state index in [-0.39, 0.29) is 12.0 Å². The summed E-state index contributed by atoms with van der Waals surface area (Å²) in [4.78, 5) is 1.30. The molecule has 2 aromatic rings. The van der Waals surface area contributed by atoms with Gasteiger partial charge in [0.05, 0.1) is 12.6 Å². The summed E-state index contributed by atoms with van der Waals surface area (Å²) in [6, 6.07) is 4.12. The van der Waals surface area contributed by atoms with Crippen molar-refractivity contribution in [1.29, 1.82) is 0 Å². The lowest BCUT2D eigenvalue weighted by Gasteiger charge is -2.12. The normalized spacial score (nSPS) is 13.2. The molecular formula is C13H16BrNOS. The molecule has 0 aliphatic heterocycles. The van der Waals surface area contributed by atoms with E-state index in [1.165, 1.54) is 4.88 Å². The molecule has 0 radical (unpaired) electrons. The fourth-order valence-electron chi connectivity index (χ4n) is 1.73. The molecule has 0 aromatic carbocycles. The smallest absolute Gasteiger partial charge is 0.0827 e. The van der Waals surface area contributed by atoms with Crippen molar-refractivity contribution in [2.75, 3.05) is 0 Å². The predicted molar refractivity (Wildman–Crippen MR) is 75.4 cm³/mol. The first kappa shape index (κ1) is 12.9. The van der Waals surface area contributed by atoms with E-state index < -0.39 is 0 Å². The van der Waals surface area contributed by atoms with Gasteiger partial charge in [-0.2, -0.15) is 0 Å². The minimum atomic E-state index is -0.369. The lowest BCUT2D eigenvalue weighted by atomic mass is 10.0. The number of thiophene rings is 1. The summed E-state index contributed by atoms with van der Waals surface area (Å²) in [7, 11) is 0. The molecule has 2 rings (SSSR count). The lowest BCUT2D eigenvalue weighted by molar-refractivity contribution is 0.127. The SMILES string of the molecule is CC(C)C(O)c1ccn(Cc2cc(Br)cs2)c1. The standard InChI is InChI=1S/C13H16BrNOS/c1-9(2)13(16)10-3-4-15(6-10)7-12-5-11(14)8-17-12/h3-6,8-9,13,16H,7H2,1-2H3. The van der Waals surface area contributed by atoms with Crippen LogP contribution in [0.2, 0.25) is 0 Å². The van der Waals surface area contributed by atoms with Gasteiger partial charge in [-0.1, -0.05) is 13.8 Å². The van der Waals surface area contributed by atoms with Gasteiger partial charge in [-0.25, -0.2) is 0 Å². The monoisotopic (exact) mass is 313 g/mol. The number of aliphatic hydroxyl groups excluding tert-OH is 1. The zero-order chi connectivity index (χ0) is 12.4. The molecule has 1 unspecified atom stereocenters. The third-order valence-electron chi connectivity index (χ3n) is 2.71. The van der Waals surface area contributed by atoms with E-state index in [9.17, 15) is 5.11 Å². The minimum absolute atomic E-state index is 0.252. The highest BCUT2D eigenvalue weighted by Gasteiger charge is 2.13. The molecule has 2 heterocycles. The van der Waals surface area contributed by atoms with Crippen LogP contribution in [0.15, 0.2) is 34.4 Å². The van der Waals surface area contributed by atoms with Crippen molar-refractivity contribution in [3.8, 4) is 0 Å². The minimum Gasteiger partial charge on any atom is -0.388 e. The Hall–Kier alpha value is -0.580. The zero-order valence-corrected chi connectivity index (χ0v) is 12.3. The van der Waals surface area contributed by atoms with E-state index in [4.69, 9.17) is 0 Å². The molecular weight excluding hydrogens is 298 g/mol. The summed E-state index contributed by atoms with van der Waals surface area (Å²) in [6.45, 7) is 4.91. The molecule has 2 aromatic heterocycles. The third-order valence-corrected chi connectivity index (χ3v) is 4.39. The molecule has 1 N–H and O–H groups in total. The van der Waals surface area contributed by atoms with E-state index in [2.05, 4.69) is 31.9 Å². The maximum Gasteiger partial charge on any atom is 0.0827 e. The third kappa shape index (κ3) is 3.21. The maximum absolute atomic E-state index is 9.96. The van der Waals surface area contributed by atoms with Gasteiger partial charge in [0.1, 0.15) is 0 Å². The Morgan fingerprint density at radius 1 is 1.47 bits per heavy atom. The highest BCUT2D eigenvalue weighted by Crippen LogP contribution is 2.24. The molecule has 0 aliphatic carbocycles. The van der Waals surface area contributed by atoms with Gasteiger partial charge >= 0.3 is 0 Å². The van der Waals surface area contributed by atoms with Crippen LogP contribution in [0.1, 0.15) is 30.4 Å². The van der Waals surface area contributed by atoms with Crippen molar-refractivity contribution in [2.24, 2.45) is 5.92 Å². The quantitative estimate of drug-likeness (QED) is 0.905. The van der Waals surface area contributed by atoms with E-state index in [0.29, 0.717) is 0 Å². The van der Waals surface area contributed by atoms with Crippen molar-refractivity contribution in [2.45, 2.75) is 26.5 Å². The number of nitrogens with zero attached hydrogens (tertiary/aromatic N) is 1. The average molecular weight is 314 g/mol. The van der Waals surface area contributed by atoms with E-state index in [0.717, 1.165) is 16.6 Å². The summed E-state index contributed by atoms with van der Waals surface area (Å²) >= 11 is 5.19. The predicted octanol–water partition coefficient (Wildman–Crippen LogP) is 4.05. The molecule has 0 spiro atoms. The zero-order valence-electron chi connectivity index (χ0n) is 9.93. The number of hydrogen-bond donors (Lipinski definition) is 1. The Balaban J connectivity index is 2.08. The van der Waals surface area contributed by atoms with Gasteiger partial charge in [-0.15, -0.1) is 11.3 Å². The number of aliphatic hydroxyl groups is 1. The number of hydrogen-bond acceptors (Lipinski definition) is 2. The van der Waals surface area contributed by atoms with Crippen molar-refractivity contribution in [3.05, 3.63) is 44.8 Å². The number of aromatic nitrogens is 1. The molecule has 4 heteroatoms. The van der Waals surface area contributed by atoms with Gasteiger partial charge in [0.15, 0.2) is 0 Å². The van der Waals surface area contributed by atoms with E-state index in [1.807, 2.05) is 32.3 Å². The molecule has 0 aliphatic rings.